The molecule has 98 valence electrons. The van der Waals surface area contributed by atoms with Crippen molar-refractivity contribution in [1.29, 1.82) is 0 Å². The molecule has 0 amide bonds. The topological polar surface area (TPSA) is 17.1 Å². The first-order chi connectivity index (χ1) is 9.04. The fourth-order valence-corrected chi connectivity index (χ4v) is 1.68. The van der Waals surface area contributed by atoms with E-state index < -0.39 is 0 Å². The van der Waals surface area contributed by atoms with E-state index in [-0.39, 0.29) is 5.78 Å². The molecular formula is C17H17ClO. The molecule has 0 saturated carbocycles. The van der Waals surface area contributed by atoms with Crippen molar-refractivity contribution in [3.05, 3.63) is 76.9 Å². The molecule has 0 atom stereocenters. The van der Waals surface area contributed by atoms with E-state index in [9.17, 15) is 4.79 Å². The van der Waals surface area contributed by atoms with Crippen molar-refractivity contribution >= 4 is 23.5 Å². The van der Waals surface area contributed by atoms with Gasteiger partial charge in [0.15, 0.2) is 5.78 Å². The average molecular weight is 273 g/mol. The first kappa shape index (κ1) is 15.2. The van der Waals surface area contributed by atoms with Gasteiger partial charge in [0.25, 0.3) is 0 Å². The predicted octanol–water partition coefficient (Wildman–Crippen LogP) is 4.91. The summed E-state index contributed by atoms with van der Waals surface area (Å²) in [4.78, 5) is 11.5. The van der Waals surface area contributed by atoms with Crippen LogP contribution in [0.2, 0.25) is 0 Å². The number of benzene rings is 1. The van der Waals surface area contributed by atoms with Gasteiger partial charge in [0, 0.05) is 10.6 Å². The van der Waals surface area contributed by atoms with Crippen LogP contribution in [0.25, 0.3) is 6.08 Å². The van der Waals surface area contributed by atoms with Crippen LogP contribution in [0.4, 0.5) is 0 Å². The van der Waals surface area contributed by atoms with E-state index in [4.69, 9.17) is 11.6 Å². The molecule has 0 saturated heterocycles. The van der Waals surface area contributed by atoms with Crippen LogP contribution >= 0.6 is 11.6 Å². The molecule has 1 nitrogen and oxygen atoms in total. The summed E-state index contributed by atoms with van der Waals surface area (Å²) in [6, 6.07) is 9.90. The zero-order chi connectivity index (χ0) is 14.3. The molecule has 0 aliphatic carbocycles. The van der Waals surface area contributed by atoms with Crippen LogP contribution < -0.4 is 0 Å². The van der Waals surface area contributed by atoms with E-state index in [0.29, 0.717) is 10.6 Å². The van der Waals surface area contributed by atoms with Crippen molar-refractivity contribution in [1.82, 2.24) is 0 Å². The highest BCUT2D eigenvalue weighted by Gasteiger charge is 2.06. The first-order valence-electron chi connectivity index (χ1n) is 6.01. The summed E-state index contributed by atoms with van der Waals surface area (Å²) in [6.45, 7) is 7.19. The van der Waals surface area contributed by atoms with E-state index in [2.05, 4.69) is 6.58 Å². The summed E-state index contributed by atoms with van der Waals surface area (Å²) in [5, 5.41) is 0.446. The second-order valence-corrected chi connectivity index (χ2v) is 4.48. The van der Waals surface area contributed by atoms with Gasteiger partial charge in [-0.2, -0.15) is 0 Å². The number of carbonyl (C=O) groups is 1. The SMILES string of the molecule is C=C(/C=C(C(C)=O)\C(Cl)=C/C)/C=C/c1ccccc1. The Morgan fingerprint density at radius 2 is 1.89 bits per heavy atom. The lowest BCUT2D eigenvalue weighted by molar-refractivity contribution is -0.113. The van der Waals surface area contributed by atoms with E-state index >= 15 is 0 Å². The molecule has 0 fully saturated rings. The highest BCUT2D eigenvalue weighted by Crippen LogP contribution is 2.18. The molecule has 0 bridgehead atoms. The normalized spacial score (nSPS) is 12.8. The number of allylic oxidation sites excluding steroid dienone is 6. The molecule has 0 aromatic heterocycles. The zero-order valence-corrected chi connectivity index (χ0v) is 11.9. The highest BCUT2D eigenvalue weighted by molar-refractivity contribution is 6.35. The smallest absolute Gasteiger partial charge is 0.161 e. The molecule has 0 heterocycles. The quantitative estimate of drug-likeness (QED) is 0.550. The fraction of sp³-hybridized carbons (Fsp3) is 0.118. The van der Waals surface area contributed by atoms with Crippen molar-refractivity contribution in [2.24, 2.45) is 0 Å². The molecule has 1 aromatic rings. The molecule has 1 aromatic carbocycles. The molecule has 2 heteroatoms. The molecular weight excluding hydrogens is 256 g/mol. The van der Waals surface area contributed by atoms with Gasteiger partial charge in [-0.3, -0.25) is 4.79 Å². The minimum absolute atomic E-state index is 0.0719. The molecule has 0 unspecified atom stereocenters. The van der Waals surface area contributed by atoms with Crippen LogP contribution in [-0.4, -0.2) is 5.78 Å². The van der Waals surface area contributed by atoms with Crippen molar-refractivity contribution in [3.8, 4) is 0 Å². The van der Waals surface area contributed by atoms with Crippen LogP contribution in [0.15, 0.2) is 71.3 Å². The lowest BCUT2D eigenvalue weighted by Crippen LogP contribution is -1.97. The van der Waals surface area contributed by atoms with Gasteiger partial charge in [0.2, 0.25) is 0 Å². The van der Waals surface area contributed by atoms with Crippen molar-refractivity contribution < 1.29 is 4.79 Å². The number of Topliss-reactive ketones (excluding diaryl/α,β-unsaturated/α-hetero) is 1. The summed E-state index contributed by atoms with van der Waals surface area (Å²) in [5.41, 5.74) is 2.29. The summed E-state index contributed by atoms with van der Waals surface area (Å²) < 4.78 is 0. The van der Waals surface area contributed by atoms with Crippen molar-refractivity contribution in [3.63, 3.8) is 0 Å². The van der Waals surface area contributed by atoms with Gasteiger partial charge in [0.1, 0.15) is 0 Å². The number of hydrogen-bond acceptors (Lipinski definition) is 1. The van der Waals surface area contributed by atoms with E-state index in [1.165, 1.54) is 6.92 Å². The second kappa shape index (κ2) is 7.55. The van der Waals surface area contributed by atoms with Crippen LogP contribution in [-0.2, 0) is 4.79 Å². The summed E-state index contributed by atoms with van der Waals surface area (Å²) in [7, 11) is 0. The Morgan fingerprint density at radius 3 is 2.42 bits per heavy atom. The molecule has 0 radical (unpaired) electrons. The van der Waals surface area contributed by atoms with Crippen LogP contribution in [0.3, 0.4) is 0 Å². The number of ketones is 1. The lowest BCUT2D eigenvalue weighted by Gasteiger charge is -2.01. The van der Waals surface area contributed by atoms with Crippen LogP contribution in [0.5, 0.6) is 0 Å². The third-order valence-electron chi connectivity index (χ3n) is 2.51. The minimum atomic E-state index is -0.0719. The van der Waals surface area contributed by atoms with Crippen molar-refractivity contribution in [2.45, 2.75) is 13.8 Å². The van der Waals surface area contributed by atoms with Gasteiger partial charge in [-0.1, -0.05) is 66.7 Å². The van der Waals surface area contributed by atoms with Crippen molar-refractivity contribution in [2.75, 3.05) is 0 Å². The summed E-state index contributed by atoms with van der Waals surface area (Å²) in [5.74, 6) is -0.0719. The van der Waals surface area contributed by atoms with E-state index in [1.807, 2.05) is 42.5 Å². The minimum Gasteiger partial charge on any atom is -0.294 e. The molecule has 19 heavy (non-hydrogen) atoms. The van der Waals surface area contributed by atoms with Gasteiger partial charge >= 0.3 is 0 Å². The molecule has 0 aliphatic heterocycles. The Morgan fingerprint density at radius 1 is 1.26 bits per heavy atom. The highest BCUT2D eigenvalue weighted by atomic mass is 35.5. The van der Waals surface area contributed by atoms with Gasteiger partial charge in [-0.05, 0) is 31.1 Å². The standard InChI is InChI=1S/C17H17ClO/c1-4-17(18)16(14(3)19)12-13(2)10-11-15-8-6-5-7-9-15/h4-12H,2H2,1,3H3/b11-10+,16-12-,17-4+. The largest absolute Gasteiger partial charge is 0.294 e. The Bertz CT molecular complexity index is 548. The summed E-state index contributed by atoms with van der Waals surface area (Å²) in [6.07, 6.45) is 7.20. The number of halogens is 1. The monoisotopic (exact) mass is 272 g/mol. The van der Waals surface area contributed by atoms with E-state index in [1.54, 1.807) is 19.1 Å². The Balaban J connectivity index is 2.89. The fourth-order valence-electron chi connectivity index (χ4n) is 1.50. The first-order valence-corrected chi connectivity index (χ1v) is 6.39. The average Bonchev–Trinajstić information content (AvgIpc) is 2.42. The van der Waals surface area contributed by atoms with Gasteiger partial charge in [-0.15, -0.1) is 0 Å². The van der Waals surface area contributed by atoms with Gasteiger partial charge in [-0.25, -0.2) is 0 Å². The van der Waals surface area contributed by atoms with Crippen LogP contribution in [0.1, 0.15) is 19.4 Å². The maximum atomic E-state index is 11.5. The number of hydrogen-bond donors (Lipinski definition) is 0. The molecule has 0 spiro atoms. The maximum absolute atomic E-state index is 11.5. The van der Waals surface area contributed by atoms with Gasteiger partial charge in [0.05, 0.1) is 0 Å². The van der Waals surface area contributed by atoms with E-state index in [0.717, 1.165) is 11.1 Å². The predicted molar refractivity (Wildman–Crippen MR) is 83.0 cm³/mol. The lowest BCUT2D eigenvalue weighted by atomic mass is 10.1. The molecule has 1 rings (SSSR count). The number of rotatable bonds is 5. The zero-order valence-electron chi connectivity index (χ0n) is 11.2. The van der Waals surface area contributed by atoms with Gasteiger partial charge < -0.3 is 0 Å². The molecule has 0 N–H and O–H groups in total. The summed E-state index contributed by atoms with van der Waals surface area (Å²) >= 11 is 5.99. The second-order valence-electron chi connectivity index (χ2n) is 4.07. The maximum Gasteiger partial charge on any atom is 0.161 e. The third-order valence-corrected chi connectivity index (χ3v) is 2.93. The molecule has 0 aliphatic rings. The number of carbonyl (C=O) groups excluding carboxylic acids is 1. The third kappa shape index (κ3) is 5.11. The Labute approximate surface area is 119 Å². The Hall–Kier alpha value is -1.86. The van der Waals surface area contributed by atoms with Crippen LogP contribution in [0, 0.1) is 0 Å². The Kier molecular flexibility index (Phi) is 6.04.